The first-order chi connectivity index (χ1) is 7.24. The van der Waals surface area contributed by atoms with E-state index in [0.29, 0.717) is 18.7 Å². The van der Waals surface area contributed by atoms with Gasteiger partial charge in [-0.2, -0.15) is 0 Å². The lowest BCUT2D eigenvalue weighted by molar-refractivity contribution is 0.165. The molecule has 0 fully saturated rings. The van der Waals surface area contributed by atoms with Gasteiger partial charge in [0, 0.05) is 6.20 Å². The zero-order valence-corrected chi connectivity index (χ0v) is 9.55. The topological polar surface area (TPSA) is 76.4 Å². The number of aliphatic hydroxyl groups is 1. The van der Waals surface area contributed by atoms with E-state index in [9.17, 15) is 5.11 Å². The average molecular weight is 271 g/mol. The monoisotopic (exact) mass is 270 g/mol. The summed E-state index contributed by atoms with van der Waals surface area (Å²) in [5.74, 6) is 0. The Morgan fingerprint density at radius 2 is 2.40 bits per heavy atom. The SMILES string of the molecule is NCCC(O)c1nc2ccncn2c1Br. The van der Waals surface area contributed by atoms with Crippen LogP contribution in [0.1, 0.15) is 18.2 Å². The van der Waals surface area contributed by atoms with Crippen LogP contribution in [0.2, 0.25) is 0 Å². The van der Waals surface area contributed by atoms with Crippen LogP contribution in [-0.2, 0) is 0 Å². The summed E-state index contributed by atoms with van der Waals surface area (Å²) < 4.78 is 2.50. The Morgan fingerprint density at radius 3 is 3.07 bits per heavy atom. The van der Waals surface area contributed by atoms with Gasteiger partial charge in [-0.15, -0.1) is 0 Å². The molecule has 0 spiro atoms. The lowest BCUT2D eigenvalue weighted by atomic mass is 10.2. The van der Waals surface area contributed by atoms with Crippen molar-refractivity contribution in [1.29, 1.82) is 0 Å². The number of fused-ring (bicyclic) bond motifs is 1. The number of halogens is 1. The molecule has 2 heterocycles. The minimum Gasteiger partial charge on any atom is -0.387 e. The zero-order chi connectivity index (χ0) is 10.8. The second-order valence-electron chi connectivity index (χ2n) is 3.19. The van der Waals surface area contributed by atoms with Crippen LogP contribution in [0.3, 0.4) is 0 Å². The van der Waals surface area contributed by atoms with Crippen molar-refractivity contribution >= 4 is 21.6 Å². The third-order valence-corrected chi connectivity index (χ3v) is 2.94. The number of nitrogens with zero attached hydrogens (tertiary/aromatic N) is 3. The van der Waals surface area contributed by atoms with E-state index in [0.717, 1.165) is 10.3 Å². The van der Waals surface area contributed by atoms with Crippen LogP contribution in [0, 0.1) is 0 Å². The van der Waals surface area contributed by atoms with Gasteiger partial charge in [-0.3, -0.25) is 4.40 Å². The molecule has 5 nitrogen and oxygen atoms in total. The molecule has 0 aliphatic rings. The minimum absolute atomic E-state index is 0.430. The summed E-state index contributed by atoms with van der Waals surface area (Å²) in [6.07, 6.45) is 3.17. The summed E-state index contributed by atoms with van der Waals surface area (Å²) in [6, 6.07) is 1.78. The Hall–Kier alpha value is -0.980. The van der Waals surface area contributed by atoms with Gasteiger partial charge in [0.25, 0.3) is 0 Å². The van der Waals surface area contributed by atoms with E-state index in [1.54, 1.807) is 23.0 Å². The third kappa shape index (κ3) is 1.88. The van der Waals surface area contributed by atoms with Crippen molar-refractivity contribution in [2.45, 2.75) is 12.5 Å². The fraction of sp³-hybridized carbons (Fsp3) is 0.333. The second kappa shape index (κ2) is 4.26. The largest absolute Gasteiger partial charge is 0.387 e. The predicted octanol–water partition coefficient (Wildman–Crippen LogP) is 0.874. The minimum atomic E-state index is -0.635. The van der Waals surface area contributed by atoms with Crippen molar-refractivity contribution < 1.29 is 5.11 Å². The van der Waals surface area contributed by atoms with Crippen molar-refractivity contribution in [2.24, 2.45) is 5.73 Å². The van der Waals surface area contributed by atoms with Crippen LogP contribution in [0.5, 0.6) is 0 Å². The third-order valence-electron chi connectivity index (χ3n) is 2.15. The highest BCUT2D eigenvalue weighted by molar-refractivity contribution is 9.10. The summed E-state index contributed by atoms with van der Waals surface area (Å²) in [5, 5.41) is 9.80. The van der Waals surface area contributed by atoms with Gasteiger partial charge in [-0.05, 0) is 35.0 Å². The Morgan fingerprint density at radius 1 is 1.60 bits per heavy atom. The molecule has 0 bridgehead atoms. The highest BCUT2D eigenvalue weighted by Gasteiger charge is 2.16. The molecule has 2 aromatic heterocycles. The van der Waals surface area contributed by atoms with Crippen LogP contribution in [-0.4, -0.2) is 26.0 Å². The number of imidazole rings is 1. The summed E-state index contributed by atoms with van der Waals surface area (Å²) in [4.78, 5) is 8.28. The van der Waals surface area contributed by atoms with Gasteiger partial charge in [0.15, 0.2) is 0 Å². The van der Waals surface area contributed by atoms with Crippen LogP contribution in [0.15, 0.2) is 23.2 Å². The van der Waals surface area contributed by atoms with E-state index in [4.69, 9.17) is 5.73 Å². The van der Waals surface area contributed by atoms with Crippen molar-refractivity contribution in [3.8, 4) is 0 Å². The van der Waals surface area contributed by atoms with E-state index in [2.05, 4.69) is 25.9 Å². The van der Waals surface area contributed by atoms with Gasteiger partial charge in [0.05, 0.1) is 6.10 Å². The quantitative estimate of drug-likeness (QED) is 0.868. The first-order valence-corrected chi connectivity index (χ1v) is 5.39. The molecule has 6 heteroatoms. The van der Waals surface area contributed by atoms with E-state index in [1.807, 2.05) is 0 Å². The van der Waals surface area contributed by atoms with E-state index in [-0.39, 0.29) is 0 Å². The van der Waals surface area contributed by atoms with Crippen LogP contribution in [0.25, 0.3) is 5.65 Å². The zero-order valence-electron chi connectivity index (χ0n) is 7.97. The summed E-state index contributed by atoms with van der Waals surface area (Å²) in [7, 11) is 0. The molecule has 0 aliphatic carbocycles. The molecule has 0 saturated carbocycles. The highest BCUT2D eigenvalue weighted by atomic mass is 79.9. The number of nitrogens with two attached hydrogens (primary N) is 1. The fourth-order valence-corrected chi connectivity index (χ4v) is 2.02. The Balaban J connectivity index is 2.48. The number of aliphatic hydroxyl groups excluding tert-OH is 1. The molecule has 3 N–H and O–H groups in total. The number of aromatic nitrogens is 3. The Kier molecular flexibility index (Phi) is 2.99. The van der Waals surface area contributed by atoms with Crippen molar-refractivity contribution in [3.63, 3.8) is 0 Å². The molecule has 80 valence electrons. The molecular formula is C9H11BrN4O. The smallest absolute Gasteiger partial charge is 0.140 e. The van der Waals surface area contributed by atoms with Gasteiger partial charge >= 0.3 is 0 Å². The molecule has 1 atom stereocenters. The predicted molar refractivity (Wildman–Crippen MR) is 59.3 cm³/mol. The molecule has 15 heavy (non-hydrogen) atoms. The van der Waals surface area contributed by atoms with Crippen LogP contribution in [0.4, 0.5) is 0 Å². The normalized spacial score (nSPS) is 13.3. The summed E-state index contributed by atoms with van der Waals surface area (Å²) in [6.45, 7) is 0.430. The van der Waals surface area contributed by atoms with Crippen LogP contribution < -0.4 is 5.73 Å². The molecule has 0 amide bonds. The summed E-state index contributed by atoms with van der Waals surface area (Å²) >= 11 is 3.38. The van der Waals surface area contributed by atoms with Gasteiger partial charge in [0.2, 0.25) is 0 Å². The molecule has 0 saturated heterocycles. The first kappa shape index (κ1) is 10.5. The number of hydrogen-bond donors (Lipinski definition) is 2. The first-order valence-electron chi connectivity index (χ1n) is 4.59. The van der Waals surface area contributed by atoms with Crippen molar-refractivity contribution in [2.75, 3.05) is 6.54 Å². The molecule has 0 aliphatic heterocycles. The van der Waals surface area contributed by atoms with E-state index in [1.165, 1.54) is 0 Å². The van der Waals surface area contributed by atoms with Crippen molar-refractivity contribution in [1.82, 2.24) is 14.4 Å². The fourth-order valence-electron chi connectivity index (χ4n) is 1.40. The maximum Gasteiger partial charge on any atom is 0.140 e. The molecule has 2 rings (SSSR count). The lowest BCUT2D eigenvalue weighted by Gasteiger charge is -2.05. The molecule has 1 unspecified atom stereocenters. The van der Waals surface area contributed by atoms with E-state index < -0.39 is 6.10 Å². The van der Waals surface area contributed by atoms with E-state index >= 15 is 0 Å². The molecule has 2 aromatic rings. The van der Waals surface area contributed by atoms with Gasteiger partial charge in [-0.25, -0.2) is 9.97 Å². The standard InChI is InChI=1S/C9H11BrN4O/c10-9-8(6(15)1-3-11)13-7-2-4-12-5-14(7)9/h2,4-6,15H,1,3,11H2. The maximum absolute atomic E-state index is 9.80. The number of rotatable bonds is 3. The Labute approximate surface area is 95.1 Å². The van der Waals surface area contributed by atoms with Gasteiger partial charge in [0.1, 0.15) is 22.3 Å². The van der Waals surface area contributed by atoms with Crippen LogP contribution >= 0.6 is 15.9 Å². The molecule has 0 radical (unpaired) electrons. The van der Waals surface area contributed by atoms with Crippen molar-refractivity contribution in [3.05, 3.63) is 28.9 Å². The average Bonchev–Trinajstić information content (AvgIpc) is 2.57. The maximum atomic E-state index is 9.80. The Bertz CT molecular complexity index is 470. The number of hydrogen-bond acceptors (Lipinski definition) is 4. The van der Waals surface area contributed by atoms with Gasteiger partial charge < -0.3 is 10.8 Å². The lowest BCUT2D eigenvalue weighted by Crippen LogP contribution is -2.07. The second-order valence-corrected chi connectivity index (χ2v) is 3.94. The molecular weight excluding hydrogens is 260 g/mol. The highest BCUT2D eigenvalue weighted by Crippen LogP contribution is 2.25. The molecule has 0 aromatic carbocycles. The summed E-state index contributed by atoms with van der Waals surface area (Å²) in [5.41, 5.74) is 6.75. The van der Waals surface area contributed by atoms with Gasteiger partial charge in [-0.1, -0.05) is 0 Å².